The lowest BCUT2D eigenvalue weighted by Crippen LogP contribution is -2.44. The molecule has 2 heterocycles. The number of anilines is 1. The molecule has 5 rings (SSSR count). The highest BCUT2D eigenvalue weighted by molar-refractivity contribution is 7.98. The lowest BCUT2D eigenvalue weighted by molar-refractivity contribution is 0.00888. The smallest absolute Gasteiger partial charge is 0.261 e. The van der Waals surface area contributed by atoms with Gasteiger partial charge in [-0.2, -0.15) is 0 Å². The maximum absolute atomic E-state index is 13.2. The first-order valence-electron chi connectivity index (χ1n) is 14.8. The molecular weight excluding hydrogens is 528 g/mol. The summed E-state index contributed by atoms with van der Waals surface area (Å²) in [7, 11) is 0. The number of amides is 1. The maximum atomic E-state index is 13.2. The molecule has 2 bridgehead atoms. The highest BCUT2D eigenvalue weighted by Crippen LogP contribution is 2.43. The molecule has 7 heteroatoms. The van der Waals surface area contributed by atoms with Gasteiger partial charge in [0.05, 0.1) is 18.4 Å². The van der Waals surface area contributed by atoms with Crippen molar-refractivity contribution in [2.45, 2.75) is 83.0 Å². The Hall–Kier alpha value is -1.89. The van der Waals surface area contributed by atoms with Gasteiger partial charge in [0, 0.05) is 34.8 Å². The molecule has 0 spiro atoms. The zero-order valence-electron chi connectivity index (χ0n) is 23.5. The normalized spacial score (nSPS) is 29.9. The van der Waals surface area contributed by atoms with Gasteiger partial charge in [0.25, 0.3) is 5.91 Å². The molecule has 5 unspecified atom stereocenters. The summed E-state index contributed by atoms with van der Waals surface area (Å²) in [5, 5.41) is 12.2. The number of benzene rings is 2. The summed E-state index contributed by atoms with van der Waals surface area (Å²) in [4.78, 5) is 15.6. The number of hydrogen-bond donors (Lipinski definition) is 2. The Balaban J connectivity index is 1.49. The molecule has 2 aromatic rings. The van der Waals surface area contributed by atoms with E-state index in [1.165, 1.54) is 23.1 Å². The first kappa shape index (κ1) is 28.6. The summed E-state index contributed by atoms with van der Waals surface area (Å²) in [5.74, 6) is 2.18. The summed E-state index contributed by atoms with van der Waals surface area (Å²) in [6.07, 6.45) is 6.94. The molecule has 6 atom stereocenters. The van der Waals surface area contributed by atoms with Gasteiger partial charge in [0.2, 0.25) is 0 Å². The van der Waals surface area contributed by atoms with E-state index in [1.54, 1.807) is 0 Å². The number of aliphatic hydroxyl groups excluding tert-OH is 1. The van der Waals surface area contributed by atoms with Crippen LogP contribution in [0.25, 0.3) is 0 Å². The van der Waals surface area contributed by atoms with Crippen LogP contribution in [0.1, 0.15) is 86.7 Å². The van der Waals surface area contributed by atoms with Crippen molar-refractivity contribution in [3.8, 4) is 5.75 Å². The van der Waals surface area contributed by atoms with Gasteiger partial charge < -0.3 is 14.7 Å². The van der Waals surface area contributed by atoms with Crippen LogP contribution in [0.3, 0.4) is 0 Å². The quantitative estimate of drug-likeness (QED) is 0.381. The number of ether oxygens (including phenoxy) is 1. The van der Waals surface area contributed by atoms with Crippen molar-refractivity contribution in [2.75, 3.05) is 24.6 Å². The SMILES string of the molecule is CCCc1cc(Cl)ccc1C1COc2ccc3cc2N(C1)CC1CCC1C(O)CCC[C@H](C)C(C)SNC3=O. The first-order valence-corrected chi connectivity index (χ1v) is 16.0. The number of rotatable bonds is 3. The predicted molar refractivity (Wildman–Crippen MR) is 162 cm³/mol. The number of halogens is 1. The van der Waals surface area contributed by atoms with Gasteiger partial charge in [-0.05, 0) is 103 Å². The van der Waals surface area contributed by atoms with E-state index in [4.69, 9.17) is 16.3 Å². The Morgan fingerprint density at radius 2 is 1.95 bits per heavy atom. The summed E-state index contributed by atoms with van der Waals surface area (Å²) in [5.41, 5.74) is 4.22. The largest absolute Gasteiger partial charge is 0.491 e. The Morgan fingerprint density at radius 1 is 1.10 bits per heavy atom. The molecule has 1 saturated carbocycles. The summed E-state index contributed by atoms with van der Waals surface area (Å²) >= 11 is 7.90. The number of carbonyl (C=O) groups excluding carboxylic acids is 1. The molecule has 212 valence electrons. The van der Waals surface area contributed by atoms with E-state index in [2.05, 4.69) is 42.5 Å². The molecule has 2 aromatic carbocycles. The molecule has 3 aliphatic rings. The Bertz CT molecular complexity index is 1160. The molecule has 39 heavy (non-hydrogen) atoms. The fraction of sp³-hybridized carbons (Fsp3) is 0.594. The van der Waals surface area contributed by atoms with Gasteiger partial charge in [-0.3, -0.25) is 9.52 Å². The number of hydrogen-bond acceptors (Lipinski definition) is 5. The lowest BCUT2D eigenvalue weighted by Gasteiger charge is -2.43. The molecule has 2 aliphatic heterocycles. The van der Waals surface area contributed by atoms with Gasteiger partial charge >= 0.3 is 0 Å². The van der Waals surface area contributed by atoms with Crippen molar-refractivity contribution in [3.63, 3.8) is 0 Å². The molecule has 0 aromatic heterocycles. The fourth-order valence-corrected chi connectivity index (χ4v) is 7.46. The van der Waals surface area contributed by atoms with Gasteiger partial charge in [-0.15, -0.1) is 0 Å². The molecule has 0 radical (unpaired) electrons. The van der Waals surface area contributed by atoms with Gasteiger partial charge in [-0.25, -0.2) is 0 Å². The van der Waals surface area contributed by atoms with Crippen LogP contribution in [0.5, 0.6) is 5.75 Å². The second-order valence-electron chi connectivity index (χ2n) is 11.9. The minimum atomic E-state index is -0.247. The van der Waals surface area contributed by atoms with Crippen molar-refractivity contribution in [1.29, 1.82) is 0 Å². The van der Waals surface area contributed by atoms with Gasteiger partial charge in [0.15, 0.2) is 0 Å². The van der Waals surface area contributed by atoms with Crippen LogP contribution in [0.4, 0.5) is 5.69 Å². The Labute approximate surface area is 243 Å². The zero-order chi connectivity index (χ0) is 27.5. The lowest BCUT2D eigenvalue weighted by atomic mass is 9.69. The fourth-order valence-electron chi connectivity index (χ4n) is 6.49. The molecule has 1 aliphatic carbocycles. The zero-order valence-corrected chi connectivity index (χ0v) is 25.1. The predicted octanol–water partition coefficient (Wildman–Crippen LogP) is 7.25. The van der Waals surface area contributed by atoms with E-state index in [9.17, 15) is 9.90 Å². The minimum Gasteiger partial charge on any atom is -0.491 e. The van der Waals surface area contributed by atoms with Crippen molar-refractivity contribution < 1.29 is 14.6 Å². The summed E-state index contributed by atoms with van der Waals surface area (Å²) in [6.45, 7) is 8.86. The van der Waals surface area contributed by atoms with Crippen LogP contribution in [-0.2, 0) is 6.42 Å². The Morgan fingerprint density at radius 3 is 2.72 bits per heavy atom. The van der Waals surface area contributed by atoms with E-state index in [1.807, 2.05) is 24.3 Å². The molecular formula is C32H43ClN2O3S. The van der Waals surface area contributed by atoms with Crippen LogP contribution in [0.2, 0.25) is 5.02 Å². The number of aliphatic hydroxyl groups is 1. The van der Waals surface area contributed by atoms with Gasteiger partial charge in [0.1, 0.15) is 5.75 Å². The first-order chi connectivity index (χ1) is 18.8. The number of nitrogens with one attached hydrogen (secondary N) is 1. The number of fused-ring (bicyclic) bond motifs is 2. The minimum absolute atomic E-state index is 0.0606. The second kappa shape index (κ2) is 12.7. The molecule has 2 N–H and O–H groups in total. The standard InChI is InChI=1S/C32H43ClN2O3S/c1-4-6-22-15-26(33)11-13-27(22)25-18-35-17-24-9-12-28(24)30(36)8-5-7-20(2)21(3)39-34-32(37)23-10-14-31(38-19-25)29(35)16-23/h10-11,13-16,20-21,24-25,28,30,36H,4-9,12,17-19H2,1-3H3,(H,34,37)/t20-,21?,24?,25?,28?,30?/m0/s1. The number of aryl methyl sites for hydroxylation is 1. The van der Waals surface area contributed by atoms with E-state index in [0.717, 1.165) is 74.5 Å². The Kier molecular flexibility index (Phi) is 9.35. The van der Waals surface area contributed by atoms with Crippen LogP contribution >= 0.6 is 23.5 Å². The summed E-state index contributed by atoms with van der Waals surface area (Å²) < 4.78 is 9.54. The summed E-state index contributed by atoms with van der Waals surface area (Å²) in [6, 6.07) is 12.1. The van der Waals surface area contributed by atoms with Crippen molar-refractivity contribution in [3.05, 3.63) is 58.1 Å². The number of carbonyl (C=O) groups is 1. The number of nitrogens with zero attached hydrogens (tertiary/aromatic N) is 1. The maximum Gasteiger partial charge on any atom is 0.261 e. The second-order valence-corrected chi connectivity index (χ2v) is 13.5. The average molecular weight is 571 g/mol. The third-order valence-corrected chi connectivity index (χ3v) is 10.6. The molecule has 0 saturated heterocycles. The monoisotopic (exact) mass is 570 g/mol. The van der Waals surface area contributed by atoms with Crippen LogP contribution in [-0.4, -0.2) is 42.1 Å². The topological polar surface area (TPSA) is 61.8 Å². The third-order valence-electron chi connectivity index (χ3n) is 9.23. The van der Waals surface area contributed by atoms with Gasteiger partial charge in [-0.1, -0.05) is 51.3 Å². The highest BCUT2D eigenvalue weighted by atomic mass is 35.5. The molecule has 1 fully saturated rings. The van der Waals surface area contributed by atoms with Crippen LogP contribution in [0, 0.1) is 17.8 Å². The van der Waals surface area contributed by atoms with Crippen molar-refractivity contribution in [1.82, 2.24) is 4.72 Å². The van der Waals surface area contributed by atoms with Crippen molar-refractivity contribution in [2.24, 2.45) is 17.8 Å². The van der Waals surface area contributed by atoms with E-state index < -0.39 is 0 Å². The van der Waals surface area contributed by atoms with E-state index >= 15 is 0 Å². The van der Waals surface area contributed by atoms with E-state index in [0.29, 0.717) is 35.2 Å². The van der Waals surface area contributed by atoms with Crippen LogP contribution in [0.15, 0.2) is 36.4 Å². The third kappa shape index (κ3) is 6.55. The molecule has 1 amide bonds. The van der Waals surface area contributed by atoms with Crippen molar-refractivity contribution >= 4 is 35.1 Å². The average Bonchev–Trinajstić information content (AvgIpc) is 3.08. The van der Waals surface area contributed by atoms with E-state index in [-0.39, 0.29) is 17.9 Å². The van der Waals surface area contributed by atoms with Crippen LogP contribution < -0.4 is 14.4 Å². The highest BCUT2D eigenvalue weighted by Gasteiger charge is 2.38. The molecule has 5 nitrogen and oxygen atoms in total.